The summed E-state index contributed by atoms with van der Waals surface area (Å²) >= 11 is 0. The van der Waals surface area contributed by atoms with Crippen molar-refractivity contribution in [3.63, 3.8) is 0 Å². The molecule has 0 spiro atoms. The van der Waals surface area contributed by atoms with E-state index in [2.05, 4.69) is 15.3 Å². The van der Waals surface area contributed by atoms with E-state index >= 15 is 0 Å². The van der Waals surface area contributed by atoms with E-state index in [-0.39, 0.29) is 17.2 Å². The van der Waals surface area contributed by atoms with Crippen molar-refractivity contribution in [1.82, 2.24) is 15.3 Å². The van der Waals surface area contributed by atoms with Gasteiger partial charge in [-0.15, -0.1) is 0 Å². The smallest absolute Gasteiger partial charge is 0.253 e. The summed E-state index contributed by atoms with van der Waals surface area (Å²) in [6.07, 6.45) is 3.95. The molecule has 0 aliphatic heterocycles. The second kappa shape index (κ2) is 5.22. The Bertz CT molecular complexity index is 537. The van der Waals surface area contributed by atoms with Crippen LogP contribution in [0.4, 0.5) is 5.69 Å². The van der Waals surface area contributed by atoms with E-state index in [1.807, 2.05) is 0 Å². The Balaban J connectivity index is 1.93. The normalized spacial score (nSPS) is 10.2. The van der Waals surface area contributed by atoms with Crippen molar-refractivity contribution in [2.45, 2.75) is 6.42 Å². The molecule has 94 valence electrons. The molecule has 2 rings (SSSR count). The van der Waals surface area contributed by atoms with Gasteiger partial charge in [0.2, 0.25) is 0 Å². The Morgan fingerprint density at radius 3 is 3.06 bits per heavy atom. The minimum absolute atomic E-state index is 0.0166. The molecular formula is C12H14N4O2. The van der Waals surface area contributed by atoms with Gasteiger partial charge in [-0.25, -0.2) is 4.98 Å². The standard InChI is InChI=1S/C12H14N4O2/c13-11-2-1-9(17)5-10(11)12(18)15-4-3-8-6-14-7-16-8/h1-2,5-7,17H,3-4,13H2,(H,14,16)(H,15,18). The van der Waals surface area contributed by atoms with Gasteiger partial charge in [0.1, 0.15) is 5.75 Å². The van der Waals surface area contributed by atoms with Gasteiger partial charge < -0.3 is 21.1 Å². The third kappa shape index (κ3) is 2.79. The predicted octanol–water partition coefficient (Wildman–Crippen LogP) is 0.670. The SMILES string of the molecule is Nc1ccc(O)cc1C(=O)NCCc1cnc[nH]1. The highest BCUT2D eigenvalue weighted by molar-refractivity contribution is 5.99. The average molecular weight is 246 g/mol. The van der Waals surface area contributed by atoms with E-state index in [0.717, 1.165) is 5.69 Å². The number of carbonyl (C=O) groups is 1. The first kappa shape index (κ1) is 12.0. The van der Waals surface area contributed by atoms with Crippen LogP contribution in [0.2, 0.25) is 0 Å². The van der Waals surface area contributed by atoms with Crippen LogP contribution in [0.3, 0.4) is 0 Å². The van der Waals surface area contributed by atoms with Crippen LogP contribution < -0.4 is 11.1 Å². The maximum atomic E-state index is 11.8. The van der Waals surface area contributed by atoms with Crippen molar-refractivity contribution in [3.8, 4) is 5.75 Å². The highest BCUT2D eigenvalue weighted by Gasteiger charge is 2.09. The molecule has 0 aliphatic rings. The minimum Gasteiger partial charge on any atom is -0.508 e. The second-order valence-corrected chi connectivity index (χ2v) is 3.85. The Morgan fingerprint density at radius 2 is 2.33 bits per heavy atom. The molecule has 1 heterocycles. The summed E-state index contributed by atoms with van der Waals surface area (Å²) in [6.45, 7) is 0.468. The fraction of sp³-hybridized carbons (Fsp3) is 0.167. The molecule has 6 heteroatoms. The number of carbonyl (C=O) groups excluding carboxylic acids is 1. The van der Waals surface area contributed by atoms with Crippen LogP contribution in [0.15, 0.2) is 30.7 Å². The zero-order valence-corrected chi connectivity index (χ0v) is 9.68. The number of imidazole rings is 1. The Morgan fingerprint density at radius 1 is 1.50 bits per heavy atom. The maximum absolute atomic E-state index is 11.8. The molecule has 0 saturated heterocycles. The molecule has 0 saturated carbocycles. The fourth-order valence-corrected chi connectivity index (χ4v) is 1.57. The summed E-state index contributed by atoms with van der Waals surface area (Å²) < 4.78 is 0. The van der Waals surface area contributed by atoms with Crippen LogP contribution in [-0.2, 0) is 6.42 Å². The van der Waals surface area contributed by atoms with E-state index in [1.165, 1.54) is 18.2 Å². The summed E-state index contributed by atoms with van der Waals surface area (Å²) in [4.78, 5) is 18.6. The lowest BCUT2D eigenvalue weighted by atomic mass is 10.1. The van der Waals surface area contributed by atoms with Gasteiger partial charge in [0.25, 0.3) is 5.91 Å². The number of nitrogens with zero attached hydrogens (tertiary/aromatic N) is 1. The first-order chi connectivity index (χ1) is 8.66. The Kier molecular flexibility index (Phi) is 3.47. The molecule has 0 radical (unpaired) electrons. The van der Waals surface area contributed by atoms with Crippen LogP contribution >= 0.6 is 0 Å². The zero-order valence-electron chi connectivity index (χ0n) is 9.68. The number of nitrogen functional groups attached to an aromatic ring is 1. The third-order valence-corrected chi connectivity index (χ3v) is 2.52. The number of nitrogens with two attached hydrogens (primary N) is 1. The van der Waals surface area contributed by atoms with Crippen molar-refractivity contribution in [2.24, 2.45) is 0 Å². The largest absolute Gasteiger partial charge is 0.508 e. The van der Waals surface area contributed by atoms with Gasteiger partial charge in [-0.05, 0) is 18.2 Å². The lowest BCUT2D eigenvalue weighted by Crippen LogP contribution is -2.26. The number of hydrogen-bond donors (Lipinski definition) is 4. The summed E-state index contributed by atoms with van der Waals surface area (Å²) in [6, 6.07) is 4.29. The highest BCUT2D eigenvalue weighted by atomic mass is 16.3. The van der Waals surface area contributed by atoms with Gasteiger partial charge in [0.15, 0.2) is 0 Å². The van der Waals surface area contributed by atoms with E-state index in [0.29, 0.717) is 18.7 Å². The molecule has 1 amide bonds. The summed E-state index contributed by atoms with van der Waals surface area (Å²) in [7, 11) is 0. The molecule has 0 atom stereocenters. The van der Waals surface area contributed by atoms with E-state index in [4.69, 9.17) is 5.73 Å². The molecule has 0 fully saturated rings. The molecule has 6 nitrogen and oxygen atoms in total. The van der Waals surface area contributed by atoms with Crippen LogP contribution in [0, 0.1) is 0 Å². The zero-order chi connectivity index (χ0) is 13.0. The Hall–Kier alpha value is -2.50. The molecule has 18 heavy (non-hydrogen) atoms. The van der Waals surface area contributed by atoms with Gasteiger partial charge >= 0.3 is 0 Å². The number of benzene rings is 1. The van der Waals surface area contributed by atoms with E-state index in [9.17, 15) is 9.90 Å². The second-order valence-electron chi connectivity index (χ2n) is 3.85. The predicted molar refractivity (Wildman–Crippen MR) is 67.1 cm³/mol. The number of aromatic amines is 1. The quantitative estimate of drug-likeness (QED) is 0.470. The Labute approximate surface area is 104 Å². The fourth-order valence-electron chi connectivity index (χ4n) is 1.57. The number of hydrogen-bond acceptors (Lipinski definition) is 4. The lowest BCUT2D eigenvalue weighted by molar-refractivity contribution is 0.0954. The van der Waals surface area contributed by atoms with Gasteiger partial charge in [0, 0.05) is 30.5 Å². The molecule has 0 bridgehead atoms. The van der Waals surface area contributed by atoms with E-state index < -0.39 is 0 Å². The number of aromatic nitrogens is 2. The molecule has 1 aromatic carbocycles. The number of phenolic OH excluding ortho intramolecular Hbond substituents is 1. The van der Waals surface area contributed by atoms with E-state index in [1.54, 1.807) is 12.5 Å². The number of rotatable bonds is 4. The lowest BCUT2D eigenvalue weighted by Gasteiger charge is -2.07. The van der Waals surface area contributed by atoms with Gasteiger partial charge in [0.05, 0.1) is 11.9 Å². The number of phenols is 1. The molecule has 0 unspecified atom stereocenters. The van der Waals surface area contributed by atoms with Crippen LogP contribution in [0.5, 0.6) is 5.75 Å². The third-order valence-electron chi connectivity index (χ3n) is 2.52. The number of nitrogens with one attached hydrogen (secondary N) is 2. The average Bonchev–Trinajstić information content (AvgIpc) is 2.85. The van der Waals surface area contributed by atoms with Crippen molar-refractivity contribution in [3.05, 3.63) is 42.0 Å². The van der Waals surface area contributed by atoms with Crippen molar-refractivity contribution in [2.75, 3.05) is 12.3 Å². The topological polar surface area (TPSA) is 104 Å². The number of amides is 1. The van der Waals surface area contributed by atoms with Gasteiger partial charge in [-0.1, -0.05) is 0 Å². The maximum Gasteiger partial charge on any atom is 0.253 e. The van der Waals surface area contributed by atoms with Gasteiger partial charge in [-0.2, -0.15) is 0 Å². The summed E-state index contributed by atoms with van der Waals surface area (Å²) in [5, 5.41) is 12.0. The monoisotopic (exact) mass is 246 g/mol. The minimum atomic E-state index is -0.303. The molecule has 5 N–H and O–H groups in total. The van der Waals surface area contributed by atoms with Crippen molar-refractivity contribution >= 4 is 11.6 Å². The number of aromatic hydroxyl groups is 1. The van der Waals surface area contributed by atoms with Crippen molar-refractivity contribution < 1.29 is 9.90 Å². The molecular weight excluding hydrogens is 232 g/mol. The first-order valence-corrected chi connectivity index (χ1v) is 5.51. The highest BCUT2D eigenvalue weighted by Crippen LogP contribution is 2.18. The summed E-state index contributed by atoms with van der Waals surface area (Å²) in [5.41, 5.74) is 7.23. The number of H-pyrrole nitrogens is 1. The molecule has 0 aliphatic carbocycles. The molecule has 1 aromatic heterocycles. The van der Waals surface area contributed by atoms with Crippen molar-refractivity contribution in [1.29, 1.82) is 0 Å². The van der Waals surface area contributed by atoms with Crippen LogP contribution in [0.25, 0.3) is 0 Å². The molecule has 2 aromatic rings. The van der Waals surface area contributed by atoms with Gasteiger partial charge in [-0.3, -0.25) is 4.79 Å². The first-order valence-electron chi connectivity index (χ1n) is 5.51. The van der Waals surface area contributed by atoms with Crippen LogP contribution in [-0.4, -0.2) is 27.5 Å². The summed E-state index contributed by atoms with van der Waals surface area (Å²) in [5.74, 6) is -0.286. The number of anilines is 1. The van der Waals surface area contributed by atoms with Crippen LogP contribution in [0.1, 0.15) is 16.1 Å².